The van der Waals surface area contributed by atoms with Crippen LogP contribution in [0.3, 0.4) is 0 Å². The van der Waals surface area contributed by atoms with Gasteiger partial charge in [-0.2, -0.15) is 0 Å². The Morgan fingerprint density at radius 2 is 0.882 bits per heavy atom. The molecule has 0 radical (unpaired) electrons. The lowest BCUT2D eigenvalue weighted by molar-refractivity contribution is 1.08. The molecule has 4 heteroatoms. The molecule has 4 nitrogen and oxygen atoms in total. The highest BCUT2D eigenvalue weighted by atomic mass is 15.0. The summed E-state index contributed by atoms with van der Waals surface area (Å²) in [6, 6.07) is 63.9. The van der Waals surface area contributed by atoms with Gasteiger partial charge < -0.3 is 4.57 Å². The molecule has 0 spiro atoms. The van der Waals surface area contributed by atoms with Crippen LogP contribution in [0.4, 0.5) is 0 Å². The maximum absolute atomic E-state index is 5.20. The van der Waals surface area contributed by atoms with Gasteiger partial charge in [-0.25, -0.2) is 15.0 Å². The van der Waals surface area contributed by atoms with Crippen LogP contribution in [-0.4, -0.2) is 19.5 Å². The highest BCUT2D eigenvalue weighted by Gasteiger charge is 2.19. The first-order valence-electron chi connectivity index (χ1n) is 17.2. The fourth-order valence-corrected chi connectivity index (χ4v) is 7.49. The Morgan fingerprint density at radius 1 is 0.314 bits per heavy atom. The van der Waals surface area contributed by atoms with Gasteiger partial charge in [0.15, 0.2) is 17.5 Å². The minimum atomic E-state index is 0.640. The minimum Gasteiger partial charge on any atom is -0.309 e. The molecule has 0 fully saturated rings. The molecule has 51 heavy (non-hydrogen) atoms. The van der Waals surface area contributed by atoms with Crippen molar-refractivity contribution in [3.63, 3.8) is 0 Å². The molecule has 10 rings (SSSR count). The predicted octanol–water partition coefficient (Wildman–Crippen LogP) is 11.9. The second-order valence-corrected chi connectivity index (χ2v) is 12.8. The van der Waals surface area contributed by atoms with Gasteiger partial charge in [0.1, 0.15) is 0 Å². The van der Waals surface area contributed by atoms with Crippen LogP contribution in [0.25, 0.3) is 94.3 Å². The Kier molecular flexibility index (Phi) is 6.78. The first-order chi connectivity index (χ1) is 25.3. The van der Waals surface area contributed by atoms with E-state index in [-0.39, 0.29) is 0 Å². The average Bonchev–Trinajstić information content (AvgIpc) is 3.54. The summed E-state index contributed by atoms with van der Waals surface area (Å²) >= 11 is 0. The zero-order valence-electron chi connectivity index (χ0n) is 27.6. The van der Waals surface area contributed by atoms with Crippen molar-refractivity contribution in [3.05, 3.63) is 182 Å². The molecule has 0 amide bonds. The molecule has 0 N–H and O–H groups in total. The average molecular weight is 651 g/mol. The predicted molar refractivity (Wildman–Crippen MR) is 211 cm³/mol. The van der Waals surface area contributed by atoms with Crippen molar-refractivity contribution in [2.24, 2.45) is 0 Å². The molecular formula is C47H30N4. The summed E-state index contributed by atoms with van der Waals surface area (Å²) < 4.78 is 2.38. The molecule has 0 unspecified atom stereocenters. The summed E-state index contributed by atoms with van der Waals surface area (Å²) in [7, 11) is 0. The van der Waals surface area contributed by atoms with Crippen molar-refractivity contribution < 1.29 is 0 Å². The number of rotatable bonds is 5. The lowest BCUT2D eigenvalue weighted by atomic mass is 9.97. The molecule has 0 saturated heterocycles. The first kappa shape index (κ1) is 29.0. The fourth-order valence-electron chi connectivity index (χ4n) is 7.49. The third-order valence-electron chi connectivity index (χ3n) is 9.85. The lowest BCUT2D eigenvalue weighted by Gasteiger charge is -2.15. The highest BCUT2D eigenvalue weighted by Crippen LogP contribution is 2.38. The van der Waals surface area contributed by atoms with Crippen molar-refractivity contribution >= 4 is 43.4 Å². The summed E-state index contributed by atoms with van der Waals surface area (Å²) in [4.78, 5) is 15.4. The monoisotopic (exact) mass is 650 g/mol. The minimum absolute atomic E-state index is 0.640. The van der Waals surface area contributed by atoms with Crippen LogP contribution in [-0.2, 0) is 0 Å². The largest absolute Gasteiger partial charge is 0.309 e. The Hall–Kier alpha value is -6.91. The quantitative estimate of drug-likeness (QED) is 0.186. The second-order valence-electron chi connectivity index (χ2n) is 12.8. The Morgan fingerprint density at radius 3 is 1.59 bits per heavy atom. The van der Waals surface area contributed by atoms with E-state index in [1.165, 1.54) is 38.3 Å². The van der Waals surface area contributed by atoms with E-state index in [0.29, 0.717) is 17.5 Å². The summed E-state index contributed by atoms with van der Waals surface area (Å²) in [5, 5.41) is 7.02. The van der Waals surface area contributed by atoms with Gasteiger partial charge >= 0.3 is 0 Å². The molecule has 0 bridgehead atoms. The van der Waals surface area contributed by atoms with Crippen LogP contribution in [0.1, 0.15) is 0 Å². The molecule has 238 valence electrons. The highest BCUT2D eigenvalue weighted by molar-refractivity contribution is 6.11. The zero-order chi connectivity index (χ0) is 33.7. The van der Waals surface area contributed by atoms with Gasteiger partial charge in [-0.15, -0.1) is 0 Å². The molecule has 0 atom stereocenters. The molecule has 8 aromatic carbocycles. The van der Waals surface area contributed by atoms with Crippen LogP contribution in [0.15, 0.2) is 182 Å². The number of hydrogen-bond acceptors (Lipinski definition) is 3. The molecular weight excluding hydrogens is 621 g/mol. The standard InChI is InChI=1S/C47H30N4/c1-3-14-31(15-4-1)35-23-13-18-33-30-34(26-27-36(33)35)46-48-45(32-16-5-2-6-17-32)49-47(50-46)41-28-29-44(38-20-8-7-19-37(38)41)51-42-24-11-9-21-39(42)40-22-10-12-25-43(40)51/h1-30H. The van der Waals surface area contributed by atoms with E-state index < -0.39 is 0 Å². The number of nitrogens with zero attached hydrogens (tertiary/aromatic N) is 4. The van der Waals surface area contributed by atoms with Gasteiger partial charge in [0, 0.05) is 32.8 Å². The van der Waals surface area contributed by atoms with Gasteiger partial charge in [0.25, 0.3) is 0 Å². The molecule has 2 heterocycles. The fraction of sp³-hybridized carbons (Fsp3) is 0. The van der Waals surface area contributed by atoms with Gasteiger partial charge in [-0.05, 0) is 57.6 Å². The van der Waals surface area contributed by atoms with E-state index in [4.69, 9.17) is 15.0 Å². The zero-order valence-corrected chi connectivity index (χ0v) is 27.6. The summed E-state index contributed by atoms with van der Waals surface area (Å²) in [5.74, 6) is 1.92. The smallest absolute Gasteiger partial charge is 0.164 e. The topological polar surface area (TPSA) is 43.6 Å². The third kappa shape index (κ3) is 4.88. The van der Waals surface area contributed by atoms with E-state index in [1.54, 1.807) is 0 Å². The van der Waals surface area contributed by atoms with Crippen LogP contribution in [0.5, 0.6) is 0 Å². The molecule has 0 aliphatic rings. The normalized spacial score (nSPS) is 11.5. The molecule has 0 aliphatic carbocycles. The SMILES string of the molecule is c1ccc(-c2nc(-c3ccc4c(-c5ccccc5)cccc4c3)nc(-c3ccc(-n4c5ccccc5c5ccccc54)c4ccccc34)n2)cc1. The second kappa shape index (κ2) is 11.9. The Bertz CT molecular complexity index is 2860. The van der Waals surface area contributed by atoms with Crippen molar-refractivity contribution in [1.29, 1.82) is 0 Å². The number of para-hydroxylation sites is 2. The maximum Gasteiger partial charge on any atom is 0.164 e. The van der Waals surface area contributed by atoms with E-state index in [2.05, 4.69) is 168 Å². The molecule has 2 aromatic heterocycles. The van der Waals surface area contributed by atoms with Crippen LogP contribution in [0.2, 0.25) is 0 Å². The van der Waals surface area contributed by atoms with Gasteiger partial charge in [0.2, 0.25) is 0 Å². The van der Waals surface area contributed by atoms with E-state index in [1.807, 2.05) is 18.2 Å². The number of fused-ring (bicyclic) bond motifs is 5. The summed E-state index contributed by atoms with van der Waals surface area (Å²) in [6.07, 6.45) is 0. The van der Waals surface area contributed by atoms with Gasteiger partial charge in [-0.1, -0.05) is 152 Å². The van der Waals surface area contributed by atoms with Crippen molar-refractivity contribution in [1.82, 2.24) is 19.5 Å². The van der Waals surface area contributed by atoms with Crippen LogP contribution in [0, 0.1) is 0 Å². The molecule has 0 saturated carbocycles. The Labute approximate surface area is 295 Å². The van der Waals surface area contributed by atoms with E-state index in [9.17, 15) is 0 Å². The van der Waals surface area contributed by atoms with Crippen molar-refractivity contribution in [2.45, 2.75) is 0 Å². The third-order valence-corrected chi connectivity index (χ3v) is 9.85. The number of hydrogen-bond donors (Lipinski definition) is 0. The van der Waals surface area contributed by atoms with Gasteiger partial charge in [-0.3, -0.25) is 0 Å². The van der Waals surface area contributed by atoms with Crippen molar-refractivity contribution in [2.75, 3.05) is 0 Å². The lowest BCUT2D eigenvalue weighted by Crippen LogP contribution is -2.02. The number of aromatic nitrogens is 4. The van der Waals surface area contributed by atoms with E-state index >= 15 is 0 Å². The summed E-state index contributed by atoms with van der Waals surface area (Å²) in [6.45, 7) is 0. The van der Waals surface area contributed by atoms with E-state index in [0.717, 1.165) is 38.5 Å². The van der Waals surface area contributed by atoms with Gasteiger partial charge in [0.05, 0.1) is 16.7 Å². The number of benzene rings is 8. The molecule has 10 aromatic rings. The van der Waals surface area contributed by atoms with Crippen molar-refractivity contribution in [3.8, 4) is 51.0 Å². The summed E-state index contributed by atoms with van der Waals surface area (Å²) in [5.41, 5.74) is 8.72. The van der Waals surface area contributed by atoms with Crippen LogP contribution < -0.4 is 0 Å². The molecule has 0 aliphatic heterocycles. The Balaban J connectivity index is 1.18. The van der Waals surface area contributed by atoms with Crippen LogP contribution >= 0.6 is 0 Å². The first-order valence-corrected chi connectivity index (χ1v) is 17.2. The maximum atomic E-state index is 5.20.